The highest BCUT2D eigenvalue weighted by Crippen LogP contribution is 2.42. The van der Waals surface area contributed by atoms with Crippen LogP contribution in [0.1, 0.15) is 24.5 Å². The maximum Gasteiger partial charge on any atom is 0.116 e. The number of nitrogens with zero attached hydrogens (tertiary/aromatic N) is 2. The van der Waals surface area contributed by atoms with E-state index in [9.17, 15) is 10.2 Å². The third kappa shape index (κ3) is 2.42. The maximum atomic E-state index is 11.0. The normalized spacial score (nSPS) is 31.2. The molecule has 3 fully saturated rings. The molecule has 2 bridgehead atoms. The summed E-state index contributed by atoms with van der Waals surface area (Å²) < 4.78 is 0. The first-order valence-electron chi connectivity index (χ1n) is 8.29. The molecule has 3 aliphatic rings. The van der Waals surface area contributed by atoms with E-state index in [1.807, 2.05) is 6.07 Å². The van der Waals surface area contributed by atoms with E-state index in [1.54, 1.807) is 24.4 Å². The SMILES string of the molecule is C=CC1CN2CCC1C[C@H]2[C@H](O)c1ccnc2ccc(O)cc12. The number of aromatic nitrogens is 1. The lowest BCUT2D eigenvalue weighted by Crippen LogP contribution is -2.54. The van der Waals surface area contributed by atoms with Crippen LogP contribution >= 0.6 is 0 Å². The number of rotatable bonds is 3. The topological polar surface area (TPSA) is 56.6 Å². The molecule has 23 heavy (non-hydrogen) atoms. The Morgan fingerprint density at radius 1 is 1.35 bits per heavy atom. The van der Waals surface area contributed by atoms with Crippen molar-refractivity contribution in [3.05, 3.63) is 48.7 Å². The minimum absolute atomic E-state index is 0.137. The number of aromatic hydroxyl groups is 1. The number of phenolic OH excluding ortho intramolecular Hbond substituents is 1. The molecule has 3 unspecified atom stereocenters. The Morgan fingerprint density at radius 3 is 2.96 bits per heavy atom. The number of pyridine rings is 1. The van der Waals surface area contributed by atoms with Gasteiger partial charge in [0.15, 0.2) is 0 Å². The van der Waals surface area contributed by atoms with Gasteiger partial charge in [-0.25, -0.2) is 0 Å². The van der Waals surface area contributed by atoms with Gasteiger partial charge in [0, 0.05) is 24.2 Å². The first-order chi connectivity index (χ1) is 11.2. The zero-order valence-corrected chi connectivity index (χ0v) is 13.1. The highest BCUT2D eigenvalue weighted by molar-refractivity contribution is 5.83. The van der Waals surface area contributed by atoms with Gasteiger partial charge in [-0.15, -0.1) is 6.58 Å². The molecule has 0 saturated carbocycles. The van der Waals surface area contributed by atoms with Crippen molar-refractivity contribution in [2.45, 2.75) is 25.0 Å². The third-order valence-corrected chi connectivity index (χ3v) is 5.60. The van der Waals surface area contributed by atoms with Crippen LogP contribution in [-0.2, 0) is 0 Å². The van der Waals surface area contributed by atoms with Crippen LogP contribution < -0.4 is 0 Å². The molecule has 2 N–H and O–H groups in total. The molecule has 4 heteroatoms. The Morgan fingerprint density at radius 2 is 2.22 bits per heavy atom. The van der Waals surface area contributed by atoms with Crippen molar-refractivity contribution in [3.63, 3.8) is 0 Å². The van der Waals surface area contributed by atoms with Crippen molar-refractivity contribution in [2.24, 2.45) is 11.8 Å². The molecular formula is C19H22N2O2. The minimum atomic E-state index is -0.559. The van der Waals surface area contributed by atoms with Crippen molar-refractivity contribution >= 4 is 10.9 Å². The number of phenols is 1. The first-order valence-corrected chi connectivity index (χ1v) is 8.29. The van der Waals surface area contributed by atoms with E-state index in [0.29, 0.717) is 11.8 Å². The molecule has 120 valence electrons. The molecule has 0 radical (unpaired) electrons. The summed E-state index contributed by atoms with van der Waals surface area (Å²) in [6, 6.07) is 7.14. The van der Waals surface area contributed by atoms with Crippen LogP contribution in [0.25, 0.3) is 10.9 Å². The lowest BCUT2D eigenvalue weighted by Gasteiger charge is -2.50. The Balaban J connectivity index is 1.69. The van der Waals surface area contributed by atoms with Crippen LogP contribution in [0.2, 0.25) is 0 Å². The number of fused-ring (bicyclic) bond motifs is 4. The molecule has 4 heterocycles. The molecule has 2 aromatic rings. The van der Waals surface area contributed by atoms with Gasteiger partial charge in [0.25, 0.3) is 0 Å². The summed E-state index contributed by atoms with van der Waals surface area (Å²) >= 11 is 0. The van der Waals surface area contributed by atoms with Gasteiger partial charge in [-0.2, -0.15) is 0 Å². The van der Waals surface area contributed by atoms with Gasteiger partial charge in [-0.3, -0.25) is 9.88 Å². The fraction of sp³-hybridized carbons (Fsp3) is 0.421. The number of hydrogen-bond acceptors (Lipinski definition) is 4. The standard InChI is InChI=1S/C19H22N2O2/c1-2-12-11-21-8-6-13(12)9-18(21)19(23)15-5-7-20-17-4-3-14(22)10-16(15)17/h2-5,7,10,12-13,18-19,22-23H,1,6,8-9,11H2/t12?,13?,18-,19+/m0/s1. The lowest BCUT2D eigenvalue weighted by molar-refractivity contribution is -0.0444. The van der Waals surface area contributed by atoms with E-state index < -0.39 is 6.10 Å². The van der Waals surface area contributed by atoms with Gasteiger partial charge in [0.2, 0.25) is 0 Å². The number of hydrogen-bond donors (Lipinski definition) is 2. The van der Waals surface area contributed by atoms with Gasteiger partial charge in [0.05, 0.1) is 11.6 Å². The fourth-order valence-electron chi connectivity index (χ4n) is 4.33. The van der Waals surface area contributed by atoms with Crippen LogP contribution in [0.15, 0.2) is 43.1 Å². The van der Waals surface area contributed by atoms with E-state index in [0.717, 1.165) is 36.0 Å². The van der Waals surface area contributed by atoms with Gasteiger partial charge >= 0.3 is 0 Å². The van der Waals surface area contributed by atoms with Crippen molar-refractivity contribution < 1.29 is 10.2 Å². The van der Waals surface area contributed by atoms with E-state index >= 15 is 0 Å². The van der Waals surface area contributed by atoms with Crippen LogP contribution in [-0.4, -0.2) is 39.2 Å². The highest BCUT2D eigenvalue weighted by atomic mass is 16.3. The zero-order chi connectivity index (χ0) is 16.0. The van der Waals surface area contributed by atoms with E-state index in [4.69, 9.17) is 0 Å². The Bertz CT molecular complexity index is 745. The number of benzene rings is 1. The molecule has 0 spiro atoms. The summed E-state index contributed by atoms with van der Waals surface area (Å²) in [6.07, 6.45) is 5.44. The molecule has 0 aliphatic carbocycles. The monoisotopic (exact) mass is 310 g/mol. The fourth-order valence-corrected chi connectivity index (χ4v) is 4.33. The summed E-state index contributed by atoms with van der Waals surface area (Å²) in [4.78, 5) is 6.73. The highest BCUT2D eigenvalue weighted by Gasteiger charge is 2.42. The van der Waals surface area contributed by atoms with Gasteiger partial charge in [-0.05, 0) is 61.1 Å². The molecular weight excluding hydrogens is 288 g/mol. The smallest absolute Gasteiger partial charge is 0.116 e. The largest absolute Gasteiger partial charge is 0.508 e. The Hall–Kier alpha value is -1.91. The van der Waals surface area contributed by atoms with Crippen LogP contribution in [0.5, 0.6) is 5.75 Å². The summed E-state index contributed by atoms with van der Waals surface area (Å²) in [5.41, 5.74) is 1.66. The third-order valence-electron chi connectivity index (χ3n) is 5.60. The second kappa shape index (κ2) is 5.62. The second-order valence-electron chi connectivity index (χ2n) is 6.79. The molecule has 5 rings (SSSR count). The average Bonchev–Trinajstić information content (AvgIpc) is 2.60. The van der Waals surface area contributed by atoms with Crippen molar-refractivity contribution in [2.75, 3.05) is 13.1 Å². The average molecular weight is 310 g/mol. The molecule has 3 aliphatic heterocycles. The maximum absolute atomic E-state index is 11.0. The summed E-state index contributed by atoms with van der Waals surface area (Å²) in [5, 5.41) is 21.7. The molecule has 5 atom stereocenters. The molecule has 4 nitrogen and oxygen atoms in total. The first kappa shape index (κ1) is 14.7. The van der Waals surface area contributed by atoms with E-state index in [-0.39, 0.29) is 11.8 Å². The Labute approximate surface area is 136 Å². The molecule has 1 aromatic carbocycles. The van der Waals surface area contributed by atoms with Crippen LogP contribution in [0.4, 0.5) is 0 Å². The summed E-state index contributed by atoms with van der Waals surface area (Å²) in [7, 11) is 0. The quantitative estimate of drug-likeness (QED) is 0.856. The molecule has 1 aromatic heterocycles. The summed E-state index contributed by atoms with van der Waals surface area (Å²) in [5.74, 6) is 1.38. The van der Waals surface area contributed by atoms with Gasteiger partial charge in [-0.1, -0.05) is 6.08 Å². The number of aliphatic hydroxyl groups excluding tert-OH is 1. The lowest BCUT2D eigenvalue weighted by atomic mass is 9.73. The van der Waals surface area contributed by atoms with Crippen LogP contribution in [0.3, 0.4) is 0 Å². The predicted molar refractivity (Wildman–Crippen MR) is 90.1 cm³/mol. The van der Waals surface area contributed by atoms with Gasteiger partial charge in [0.1, 0.15) is 5.75 Å². The van der Waals surface area contributed by atoms with Gasteiger partial charge < -0.3 is 10.2 Å². The minimum Gasteiger partial charge on any atom is -0.508 e. The van der Waals surface area contributed by atoms with Crippen molar-refractivity contribution in [1.82, 2.24) is 9.88 Å². The molecule has 0 amide bonds. The van der Waals surface area contributed by atoms with E-state index in [2.05, 4.69) is 22.5 Å². The number of piperidine rings is 3. The Kier molecular flexibility index (Phi) is 3.58. The number of aliphatic hydroxyl groups is 1. The van der Waals surface area contributed by atoms with E-state index in [1.165, 1.54) is 6.42 Å². The van der Waals surface area contributed by atoms with Crippen molar-refractivity contribution in [1.29, 1.82) is 0 Å². The predicted octanol–water partition coefficient (Wildman–Crippen LogP) is 2.87. The summed E-state index contributed by atoms with van der Waals surface area (Å²) in [6.45, 7) is 5.99. The molecule has 3 saturated heterocycles. The second-order valence-corrected chi connectivity index (χ2v) is 6.79. The zero-order valence-electron chi connectivity index (χ0n) is 13.1. The van der Waals surface area contributed by atoms with Crippen LogP contribution in [0, 0.1) is 11.8 Å². The van der Waals surface area contributed by atoms with Crippen molar-refractivity contribution in [3.8, 4) is 5.75 Å².